The monoisotopic (exact) mass is 433 g/mol. The fourth-order valence-electron chi connectivity index (χ4n) is 5.10. The fourth-order valence-corrected chi connectivity index (χ4v) is 5.10. The molecule has 5 rings (SSSR count). The lowest BCUT2D eigenvalue weighted by Gasteiger charge is -2.36. The lowest BCUT2D eigenvalue weighted by Crippen LogP contribution is -2.44. The van der Waals surface area contributed by atoms with E-state index in [2.05, 4.69) is 18.0 Å². The third kappa shape index (κ3) is 2.87. The first-order chi connectivity index (χ1) is 15.6. The van der Waals surface area contributed by atoms with Gasteiger partial charge in [-0.3, -0.25) is 14.6 Å². The Hall–Kier alpha value is -3.48. The molecule has 1 N–H and O–H groups in total. The zero-order valence-electron chi connectivity index (χ0n) is 18.6. The van der Waals surface area contributed by atoms with Crippen LogP contribution in [0.5, 0.6) is 11.5 Å². The third-order valence-electron chi connectivity index (χ3n) is 6.60. The van der Waals surface area contributed by atoms with Gasteiger partial charge in [0.25, 0.3) is 5.91 Å². The van der Waals surface area contributed by atoms with Crippen LogP contribution in [0.1, 0.15) is 42.6 Å². The summed E-state index contributed by atoms with van der Waals surface area (Å²) >= 11 is 0. The van der Waals surface area contributed by atoms with Gasteiger partial charge in [-0.15, -0.1) is 0 Å². The number of urea groups is 1. The number of hydrogen-bond acceptors (Lipinski definition) is 4. The molecule has 0 bridgehead atoms. The number of methoxy groups -OCH3 is 2. The van der Waals surface area contributed by atoms with Gasteiger partial charge in [0, 0.05) is 35.1 Å². The summed E-state index contributed by atoms with van der Waals surface area (Å²) in [5, 5.41) is 1.08. The summed E-state index contributed by atoms with van der Waals surface area (Å²) in [5.41, 5.74) is 3.79. The summed E-state index contributed by atoms with van der Waals surface area (Å²) < 4.78 is 11.3. The van der Waals surface area contributed by atoms with Gasteiger partial charge in [0.2, 0.25) is 0 Å². The van der Waals surface area contributed by atoms with Crippen LogP contribution in [0.3, 0.4) is 0 Å². The Morgan fingerprint density at radius 3 is 2.62 bits per heavy atom. The van der Waals surface area contributed by atoms with Crippen molar-refractivity contribution in [2.24, 2.45) is 0 Å². The van der Waals surface area contributed by atoms with E-state index in [4.69, 9.17) is 9.47 Å². The normalized spacial score (nSPS) is 20.0. The molecule has 3 amide bonds. The Balaban J connectivity index is 1.73. The number of nitrogens with zero attached hydrogens (tertiary/aromatic N) is 2. The van der Waals surface area contributed by atoms with Crippen LogP contribution < -0.4 is 9.47 Å². The summed E-state index contributed by atoms with van der Waals surface area (Å²) in [4.78, 5) is 33.6. The van der Waals surface area contributed by atoms with Gasteiger partial charge in [0.15, 0.2) is 11.5 Å². The number of imide groups is 1. The molecule has 0 spiro atoms. The Morgan fingerprint density at radius 1 is 1.06 bits per heavy atom. The lowest BCUT2D eigenvalue weighted by atomic mass is 9.88. The Kier molecular flexibility index (Phi) is 5.04. The van der Waals surface area contributed by atoms with Crippen molar-refractivity contribution in [1.82, 2.24) is 14.8 Å². The van der Waals surface area contributed by atoms with Crippen LogP contribution in [0.4, 0.5) is 4.79 Å². The lowest BCUT2D eigenvalue weighted by molar-refractivity contribution is -0.128. The molecule has 0 unspecified atom stereocenters. The van der Waals surface area contributed by atoms with Crippen molar-refractivity contribution < 1.29 is 19.1 Å². The van der Waals surface area contributed by atoms with Gasteiger partial charge in [0.1, 0.15) is 12.1 Å². The molecule has 0 radical (unpaired) electrons. The standard InChI is InChI=1S/C25H27N3O4/c1-4-5-13-27-24(29)19-14-17-15-9-6-7-11-18(15)26-21(17)22(28(19)25(27)30)16-10-8-12-20(31-2)23(16)32-3/h6-12,19,22,26H,4-5,13-14H2,1-3H3/t19-,22-/m0/s1. The van der Waals surface area contributed by atoms with Gasteiger partial charge in [0.05, 0.1) is 14.2 Å². The van der Waals surface area contributed by atoms with Crippen molar-refractivity contribution in [3.63, 3.8) is 0 Å². The van der Waals surface area contributed by atoms with E-state index >= 15 is 0 Å². The molecule has 3 aromatic rings. The number of para-hydroxylation sites is 2. The van der Waals surface area contributed by atoms with Gasteiger partial charge in [-0.05, 0) is 24.1 Å². The fraction of sp³-hybridized carbons (Fsp3) is 0.360. The van der Waals surface area contributed by atoms with E-state index in [-0.39, 0.29) is 11.9 Å². The van der Waals surface area contributed by atoms with E-state index in [0.29, 0.717) is 24.5 Å². The highest BCUT2D eigenvalue weighted by Crippen LogP contribution is 2.47. The van der Waals surface area contributed by atoms with E-state index < -0.39 is 12.1 Å². The highest BCUT2D eigenvalue weighted by Gasteiger charge is 2.52. The molecule has 2 atom stereocenters. The zero-order valence-corrected chi connectivity index (χ0v) is 18.6. The minimum absolute atomic E-state index is 0.119. The van der Waals surface area contributed by atoms with Gasteiger partial charge in [-0.25, -0.2) is 4.79 Å². The van der Waals surface area contributed by atoms with Crippen LogP contribution >= 0.6 is 0 Å². The van der Waals surface area contributed by atoms with Crippen LogP contribution in [0.15, 0.2) is 42.5 Å². The molecular formula is C25H27N3O4. The predicted molar refractivity (Wildman–Crippen MR) is 121 cm³/mol. The highest BCUT2D eigenvalue weighted by molar-refractivity contribution is 6.05. The van der Waals surface area contributed by atoms with Crippen LogP contribution in [0, 0.1) is 0 Å². The van der Waals surface area contributed by atoms with Crippen LogP contribution in [-0.4, -0.2) is 53.5 Å². The first-order valence-electron chi connectivity index (χ1n) is 11.0. The summed E-state index contributed by atoms with van der Waals surface area (Å²) in [5.74, 6) is 1.04. The number of carbonyl (C=O) groups is 2. The molecule has 1 aromatic heterocycles. The molecule has 1 saturated heterocycles. The molecule has 3 heterocycles. The van der Waals surface area contributed by atoms with Crippen molar-refractivity contribution in [3.05, 3.63) is 59.3 Å². The topological polar surface area (TPSA) is 74.9 Å². The highest BCUT2D eigenvalue weighted by atomic mass is 16.5. The van der Waals surface area contributed by atoms with E-state index in [9.17, 15) is 9.59 Å². The quantitative estimate of drug-likeness (QED) is 0.590. The number of rotatable bonds is 6. The molecule has 166 valence electrons. The van der Waals surface area contributed by atoms with Crippen LogP contribution in [-0.2, 0) is 11.2 Å². The number of benzene rings is 2. The van der Waals surface area contributed by atoms with Crippen LogP contribution in [0.2, 0.25) is 0 Å². The number of hydrogen-bond donors (Lipinski definition) is 1. The first kappa shape index (κ1) is 20.4. The Morgan fingerprint density at radius 2 is 1.88 bits per heavy atom. The summed E-state index contributed by atoms with van der Waals surface area (Å²) in [6.45, 7) is 2.50. The van der Waals surface area contributed by atoms with Crippen molar-refractivity contribution in [2.45, 2.75) is 38.3 Å². The number of carbonyl (C=O) groups excluding carboxylic acids is 2. The maximum Gasteiger partial charge on any atom is 0.328 e. The van der Waals surface area contributed by atoms with E-state index in [0.717, 1.165) is 40.6 Å². The predicted octanol–water partition coefficient (Wildman–Crippen LogP) is 4.26. The third-order valence-corrected chi connectivity index (χ3v) is 6.60. The zero-order chi connectivity index (χ0) is 22.4. The van der Waals surface area contributed by atoms with Crippen LogP contribution in [0.25, 0.3) is 10.9 Å². The number of ether oxygens (including phenoxy) is 2. The number of H-pyrrole nitrogens is 1. The van der Waals surface area contributed by atoms with Crippen molar-refractivity contribution in [2.75, 3.05) is 20.8 Å². The first-order valence-corrected chi connectivity index (χ1v) is 11.0. The molecule has 7 heteroatoms. The molecule has 0 saturated carbocycles. The van der Waals surface area contributed by atoms with Gasteiger partial charge in [-0.2, -0.15) is 0 Å². The maximum absolute atomic E-state index is 13.6. The Labute approximate surface area is 186 Å². The SMILES string of the molecule is CCCCN1C(=O)[C@@H]2Cc3c([nH]c4ccccc34)[C@H](c3cccc(OC)c3OC)N2C1=O. The minimum atomic E-state index is -0.535. The number of aromatic nitrogens is 1. The van der Waals surface area contributed by atoms with Gasteiger partial charge < -0.3 is 14.5 Å². The van der Waals surface area contributed by atoms with Crippen molar-refractivity contribution in [3.8, 4) is 11.5 Å². The average molecular weight is 434 g/mol. The Bertz CT molecular complexity index is 1200. The smallest absolute Gasteiger partial charge is 0.328 e. The molecule has 0 aliphatic carbocycles. The molecule has 7 nitrogen and oxygen atoms in total. The van der Waals surface area contributed by atoms with E-state index in [1.807, 2.05) is 36.4 Å². The van der Waals surface area contributed by atoms with Crippen molar-refractivity contribution in [1.29, 1.82) is 0 Å². The molecule has 1 fully saturated rings. The second kappa shape index (κ2) is 7.89. The number of unbranched alkanes of at least 4 members (excludes halogenated alkanes) is 1. The number of amides is 3. The molecular weight excluding hydrogens is 406 g/mol. The van der Waals surface area contributed by atoms with Gasteiger partial charge in [-0.1, -0.05) is 43.7 Å². The van der Waals surface area contributed by atoms with E-state index in [1.54, 1.807) is 19.1 Å². The second-order valence-electron chi connectivity index (χ2n) is 8.30. The molecule has 32 heavy (non-hydrogen) atoms. The summed E-state index contributed by atoms with van der Waals surface area (Å²) in [6, 6.07) is 12.5. The van der Waals surface area contributed by atoms with Crippen molar-refractivity contribution >= 4 is 22.8 Å². The second-order valence-corrected chi connectivity index (χ2v) is 8.30. The minimum Gasteiger partial charge on any atom is -0.493 e. The largest absolute Gasteiger partial charge is 0.493 e. The average Bonchev–Trinajstić information content (AvgIpc) is 3.30. The van der Waals surface area contributed by atoms with Gasteiger partial charge >= 0.3 is 6.03 Å². The maximum atomic E-state index is 13.6. The summed E-state index contributed by atoms with van der Waals surface area (Å²) in [7, 11) is 3.19. The number of nitrogens with one attached hydrogen (secondary N) is 1. The summed E-state index contributed by atoms with van der Waals surface area (Å²) in [6.07, 6.45) is 2.20. The molecule has 2 aliphatic heterocycles. The molecule has 2 aromatic carbocycles. The number of aromatic amines is 1. The molecule has 2 aliphatic rings. The number of fused-ring (bicyclic) bond motifs is 4. The van der Waals surface area contributed by atoms with E-state index in [1.165, 1.54) is 4.90 Å².